The SMILES string of the molecule is CCCCCCCCCCCC(CC(=O)N[C@H]1[C@H](OCC[Si](C)(C)C)O[C@H](CO[Si](C)(C)C(C)(C)C)[C@@H](OP(=O)(Oc2ccccc2)Oc2ccccc2)[C@@H]1OC(=O)CC(CCCCCCCCC)OC(=O)CCCCCCCCC)OCOCC[Si](C)(C)C. The monoisotopic (exact) mass is 1330 g/mol. The zero-order valence-electron chi connectivity index (χ0n) is 59.0. The van der Waals surface area contributed by atoms with Gasteiger partial charge in [0.05, 0.1) is 25.6 Å². The lowest BCUT2D eigenvalue weighted by molar-refractivity contribution is -0.269. The number of carbonyl (C=O) groups excluding carboxylic acids is 3. The Morgan fingerprint density at radius 3 is 1.53 bits per heavy atom. The number of nitrogens with one attached hydrogen (secondary N) is 1. The van der Waals surface area contributed by atoms with Crippen LogP contribution in [0.2, 0.25) is 69.5 Å². The molecule has 0 radical (unpaired) electrons. The Morgan fingerprint density at radius 1 is 0.578 bits per heavy atom. The quantitative estimate of drug-likeness (QED) is 0.0218. The molecule has 518 valence electrons. The second kappa shape index (κ2) is 44.7. The van der Waals surface area contributed by atoms with Gasteiger partial charge in [-0.15, -0.1) is 0 Å². The molecule has 0 aliphatic carbocycles. The molecular formula is C71H128NO14PSi3. The van der Waals surface area contributed by atoms with Crippen LogP contribution in [0.25, 0.3) is 0 Å². The molecule has 2 aromatic rings. The number of esters is 2. The van der Waals surface area contributed by atoms with Gasteiger partial charge in [-0.25, -0.2) is 4.57 Å². The summed E-state index contributed by atoms with van der Waals surface area (Å²) in [4.78, 5) is 44.2. The van der Waals surface area contributed by atoms with Gasteiger partial charge in [-0.2, -0.15) is 0 Å². The lowest BCUT2D eigenvalue weighted by atomic mass is 9.96. The van der Waals surface area contributed by atoms with E-state index in [9.17, 15) is 4.79 Å². The van der Waals surface area contributed by atoms with E-state index in [-0.39, 0.29) is 61.8 Å². The molecule has 1 heterocycles. The van der Waals surface area contributed by atoms with Crippen molar-refractivity contribution in [2.45, 2.75) is 334 Å². The molecule has 1 amide bonds. The number of carbonyl (C=O) groups is 3. The fraction of sp³-hybridized carbons (Fsp3) is 0.789. The van der Waals surface area contributed by atoms with Gasteiger partial charge in [0.1, 0.15) is 42.6 Å². The fourth-order valence-electron chi connectivity index (χ4n) is 10.4. The first-order valence-corrected chi connectivity index (χ1v) is 47.1. The summed E-state index contributed by atoms with van der Waals surface area (Å²) in [6.07, 6.45) is 19.5. The number of hydrogen-bond donors (Lipinski definition) is 1. The first-order valence-electron chi connectivity index (χ1n) is 35.3. The number of rotatable bonds is 52. The average molecular weight is 1340 g/mol. The van der Waals surface area contributed by atoms with E-state index >= 15 is 14.2 Å². The number of unbranched alkanes of at least 4 members (excludes halogenated alkanes) is 20. The van der Waals surface area contributed by atoms with Crippen LogP contribution in [0.5, 0.6) is 11.5 Å². The highest BCUT2D eigenvalue weighted by Crippen LogP contribution is 2.53. The third-order valence-corrected chi connectivity index (χ3v) is 26.5. The highest BCUT2D eigenvalue weighted by molar-refractivity contribution is 7.49. The molecule has 19 heteroatoms. The van der Waals surface area contributed by atoms with Crippen LogP contribution in [0, 0.1) is 0 Å². The van der Waals surface area contributed by atoms with Gasteiger partial charge in [0.15, 0.2) is 20.7 Å². The molecule has 3 rings (SSSR count). The van der Waals surface area contributed by atoms with E-state index in [2.05, 4.69) is 99.2 Å². The number of phosphoric acid groups is 1. The summed E-state index contributed by atoms with van der Waals surface area (Å²) in [7, 11) is -10.5. The number of para-hydroxylation sites is 2. The third-order valence-electron chi connectivity index (χ3n) is 17.2. The molecule has 1 aliphatic rings. The van der Waals surface area contributed by atoms with Crippen molar-refractivity contribution in [2.75, 3.05) is 26.6 Å². The summed E-state index contributed by atoms with van der Waals surface area (Å²) < 4.78 is 81.7. The van der Waals surface area contributed by atoms with Crippen LogP contribution in [-0.2, 0) is 56.3 Å². The summed E-state index contributed by atoms with van der Waals surface area (Å²) in [5, 5.41) is 3.01. The van der Waals surface area contributed by atoms with E-state index in [4.69, 9.17) is 46.4 Å². The molecular weight excluding hydrogens is 1210 g/mol. The normalized spacial score (nSPS) is 18.2. The molecule has 1 fully saturated rings. The Morgan fingerprint density at radius 2 is 1.04 bits per heavy atom. The summed E-state index contributed by atoms with van der Waals surface area (Å²) >= 11 is 0. The van der Waals surface area contributed by atoms with E-state index < -0.39 is 87.0 Å². The molecule has 1 N–H and O–H groups in total. The molecule has 2 aromatic carbocycles. The largest absolute Gasteiger partial charge is 0.588 e. The summed E-state index contributed by atoms with van der Waals surface area (Å²) in [6, 6.07) is 17.7. The van der Waals surface area contributed by atoms with Crippen molar-refractivity contribution in [1.29, 1.82) is 0 Å². The smallest absolute Gasteiger partial charge is 0.462 e. The minimum absolute atomic E-state index is 0.0431. The lowest BCUT2D eigenvalue weighted by Crippen LogP contribution is -2.67. The molecule has 0 aromatic heterocycles. The maximum absolute atomic E-state index is 15.8. The van der Waals surface area contributed by atoms with Gasteiger partial charge in [-0.3, -0.25) is 18.9 Å². The van der Waals surface area contributed by atoms with Gasteiger partial charge in [-0.1, -0.05) is 252 Å². The minimum Gasteiger partial charge on any atom is -0.462 e. The van der Waals surface area contributed by atoms with Crippen molar-refractivity contribution in [3.8, 4) is 11.5 Å². The number of benzene rings is 2. The zero-order valence-corrected chi connectivity index (χ0v) is 62.9. The van der Waals surface area contributed by atoms with Crippen LogP contribution >= 0.6 is 7.82 Å². The van der Waals surface area contributed by atoms with Crippen molar-refractivity contribution >= 4 is 50.1 Å². The standard InChI is InChI=1S/C71H128NO14PSi3/c1-15-18-21-24-27-28-31-32-37-48-61(79-58-77-51-53-88(7,8)9)55-64(73)72-67-69(83-66(75)56-62(49-38-33-29-25-22-19-16-2)81-65(74)50-43-34-30-26-23-20-17-3)68(86-87(76,84-59-44-39-35-40-45-59)85-60-46-41-36-42-47-60)63(57-80-90(13,14)71(4,5)6)82-70(67)78-52-54-89(10,11)12/h35-36,39-42,44-47,61-63,67-70H,15-34,37-38,43,48-58H2,1-14H3,(H,72,73)/t61?,62?,63-,67-,68-,69-,70-/m1/s1. The summed E-state index contributed by atoms with van der Waals surface area (Å²) in [6.45, 7) is 31.8. The number of phosphoric ester groups is 1. The Kier molecular flexibility index (Phi) is 40.4. The Balaban J connectivity index is 2.24. The van der Waals surface area contributed by atoms with Crippen molar-refractivity contribution in [3.63, 3.8) is 0 Å². The second-order valence-corrected chi connectivity index (χ2v) is 46.7. The molecule has 0 saturated carbocycles. The Bertz CT molecular complexity index is 2200. The Hall–Kier alpha value is -2.91. The molecule has 1 aliphatic heterocycles. The molecule has 90 heavy (non-hydrogen) atoms. The summed E-state index contributed by atoms with van der Waals surface area (Å²) in [5.74, 6) is -1.06. The van der Waals surface area contributed by atoms with Gasteiger partial charge < -0.3 is 47.2 Å². The second-order valence-electron chi connectivity index (χ2n) is 29.2. The van der Waals surface area contributed by atoms with E-state index in [0.717, 1.165) is 89.1 Å². The predicted molar refractivity (Wildman–Crippen MR) is 374 cm³/mol. The highest BCUT2D eigenvalue weighted by Gasteiger charge is 2.55. The molecule has 15 nitrogen and oxygen atoms in total. The van der Waals surface area contributed by atoms with Gasteiger partial charge in [0, 0.05) is 35.8 Å². The van der Waals surface area contributed by atoms with Gasteiger partial charge in [0.2, 0.25) is 5.91 Å². The van der Waals surface area contributed by atoms with Crippen LogP contribution in [0.3, 0.4) is 0 Å². The van der Waals surface area contributed by atoms with Crippen LogP contribution in [0.15, 0.2) is 60.7 Å². The van der Waals surface area contributed by atoms with Crippen molar-refractivity contribution < 1.29 is 65.4 Å². The molecule has 2 unspecified atom stereocenters. The average Bonchev–Trinajstić information content (AvgIpc) is 0.790. The van der Waals surface area contributed by atoms with Crippen molar-refractivity contribution in [2.24, 2.45) is 0 Å². The topological polar surface area (TPSA) is 173 Å². The molecule has 0 bridgehead atoms. The van der Waals surface area contributed by atoms with E-state index in [1.54, 1.807) is 48.5 Å². The predicted octanol–water partition coefficient (Wildman–Crippen LogP) is 19.7. The highest BCUT2D eigenvalue weighted by atomic mass is 31.2. The fourth-order valence-corrected chi connectivity index (χ4v) is 14.3. The number of ether oxygens (including phenoxy) is 6. The van der Waals surface area contributed by atoms with Crippen molar-refractivity contribution in [1.82, 2.24) is 5.32 Å². The minimum atomic E-state index is -4.81. The Labute approximate surface area is 550 Å². The van der Waals surface area contributed by atoms with E-state index in [1.165, 1.54) is 64.2 Å². The molecule has 1 saturated heterocycles. The van der Waals surface area contributed by atoms with Crippen LogP contribution < -0.4 is 14.4 Å². The van der Waals surface area contributed by atoms with Gasteiger partial charge in [-0.05, 0) is 80.2 Å². The van der Waals surface area contributed by atoms with Crippen LogP contribution in [0.4, 0.5) is 0 Å². The van der Waals surface area contributed by atoms with E-state index in [0.29, 0.717) is 25.9 Å². The maximum atomic E-state index is 15.8. The number of hydrogen-bond acceptors (Lipinski definition) is 14. The van der Waals surface area contributed by atoms with Gasteiger partial charge in [0.25, 0.3) is 0 Å². The molecule has 7 atom stereocenters. The van der Waals surface area contributed by atoms with E-state index in [1.807, 2.05) is 12.1 Å². The maximum Gasteiger partial charge on any atom is 0.588 e. The lowest BCUT2D eigenvalue weighted by Gasteiger charge is -2.47. The van der Waals surface area contributed by atoms with Crippen molar-refractivity contribution in [3.05, 3.63) is 60.7 Å². The molecule has 0 spiro atoms. The van der Waals surface area contributed by atoms with Gasteiger partial charge >= 0.3 is 19.8 Å². The zero-order chi connectivity index (χ0) is 66.3. The van der Waals surface area contributed by atoms with Crippen LogP contribution in [-0.4, -0.2) is 112 Å². The van der Waals surface area contributed by atoms with Crippen LogP contribution in [0.1, 0.15) is 221 Å². The third kappa shape index (κ3) is 36.7. The number of amides is 1. The first kappa shape index (κ1) is 81.3. The first-order chi connectivity index (χ1) is 42.8. The summed E-state index contributed by atoms with van der Waals surface area (Å²) in [5.41, 5.74) is 0.